The van der Waals surface area contributed by atoms with Gasteiger partial charge in [-0.1, -0.05) is 13.8 Å². The lowest BCUT2D eigenvalue weighted by molar-refractivity contribution is 0.625. The number of nitrogens with one attached hydrogen (secondary N) is 2. The SMILES string of the molecule is CC(C)CNc1cc2[nH]c(=O)ccc2cc1F. The van der Waals surface area contributed by atoms with E-state index in [1.165, 1.54) is 12.1 Å². The van der Waals surface area contributed by atoms with E-state index in [-0.39, 0.29) is 11.4 Å². The van der Waals surface area contributed by atoms with E-state index in [1.807, 2.05) is 13.8 Å². The molecule has 17 heavy (non-hydrogen) atoms. The Hall–Kier alpha value is -1.84. The molecule has 2 N–H and O–H groups in total. The van der Waals surface area contributed by atoms with Crippen molar-refractivity contribution in [2.75, 3.05) is 11.9 Å². The molecule has 0 spiro atoms. The van der Waals surface area contributed by atoms with Crippen molar-refractivity contribution >= 4 is 16.6 Å². The second kappa shape index (κ2) is 4.57. The van der Waals surface area contributed by atoms with Crippen LogP contribution in [0.1, 0.15) is 13.8 Å². The van der Waals surface area contributed by atoms with Gasteiger partial charge in [-0.25, -0.2) is 4.39 Å². The highest BCUT2D eigenvalue weighted by molar-refractivity contribution is 5.82. The van der Waals surface area contributed by atoms with E-state index >= 15 is 0 Å². The van der Waals surface area contributed by atoms with Crippen molar-refractivity contribution in [2.24, 2.45) is 5.92 Å². The minimum atomic E-state index is -0.301. The molecule has 0 fully saturated rings. The quantitative estimate of drug-likeness (QED) is 0.857. The lowest BCUT2D eigenvalue weighted by atomic mass is 10.1. The highest BCUT2D eigenvalue weighted by atomic mass is 19.1. The lowest BCUT2D eigenvalue weighted by Crippen LogP contribution is -2.10. The van der Waals surface area contributed by atoms with Crippen molar-refractivity contribution in [3.05, 3.63) is 40.4 Å². The molecule has 0 aliphatic carbocycles. The molecule has 2 rings (SSSR count). The number of halogens is 1. The molecule has 4 heteroatoms. The number of aromatic amines is 1. The first-order chi connectivity index (χ1) is 8.06. The van der Waals surface area contributed by atoms with Gasteiger partial charge in [0, 0.05) is 18.0 Å². The third kappa shape index (κ3) is 2.64. The van der Waals surface area contributed by atoms with E-state index < -0.39 is 0 Å². The summed E-state index contributed by atoms with van der Waals surface area (Å²) < 4.78 is 13.7. The second-order valence-corrected chi connectivity index (χ2v) is 4.52. The normalized spacial score (nSPS) is 11.1. The number of aromatic nitrogens is 1. The van der Waals surface area contributed by atoms with Crippen LogP contribution in [-0.4, -0.2) is 11.5 Å². The molecule has 0 saturated heterocycles. The van der Waals surface area contributed by atoms with Gasteiger partial charge in [0.2, 0.25) is 5.56 Å². The zero-order chi connectivity index (χ0) is 12.4. The highest BCUT2D eigenvalue weighted by Crippen LogP contribution is 2.20. The summed E-state index contributed by atoms with van der Waals surface area (Å²) in [6.07, 6.45) is 0. The van der Waals surface area contributed by atoms with Gasteiger partial charge in [0.1, 0.15) is 5.82 Å². The maximum atomic E-state index is 13.7. The molecule has 0 bridgehead atoms. The molecule has 2 aromatic rings. The minimum absolute atomic E-state index is 0.182. The van der Waals surface area contributed by atoms with Gasteiger partial charge in [0.05, 0.1) is 11.2 Å². The maximum Gasteiger partial charge on any atom is 0.248 e. The van der Waals surface area contributed by atoms with Crippen LogP contribution in [0, 0.1) is 11.7 Å². The fourth-order valence-corrected chi connectivity index (χ4v) is 1.62. The zero-order valence-corrected chi connectivity index (χ0v) is 9.88. The number of hydrogen-bond acceptors (Lipinski definition) is 2. The van der Waals surface area contributed by atoms with Crippen LogP contribution in [0.2, 0.25) is 0 Å². The molecule has 0 aliphatic heterocycles. The van der Waals surface area contributed by atoms with Crippen LogP contribution >= 0.6 is 0 Å². The van der Waals surface area contributed by atoms with Gasteiger partial charge in [0.25, 0.3) is 0 Å². The Morgan fingerprint density at radius 1 is 1.35 bits per heavy atom. The summed E-state index contributed by atoms with van der Waals surface area (Å²) in [6.45, 7) is 4.79. The number of anilines is 1. The van der Waals surface area contributed by atoms with Gasteiger partial charge in [-0.15, -0.1) is 0 Å². The molecule has 0 unspecified atom stereocenters. The van der Waals surface area contributed by atoms with E-state index in [4.69, 9.17) is 0 Å². The van der Waals surface area contributed by atoms with E-state index in [1.54, 1.807) is 12.1 Å². The first kappa shape index (κ1) is 11.6. The number of fused-ring (bicyclic) bond motifs is 1. The number of pyridine rings is 1. The summed E-state index contributed by atoms with van der Waals surface area (Å²) in [6, 6.07) is 6.06. The molecule has 0 atom stereocenters. The zero-order valence-electron chi connectivity index (χ0n) is 9.88. The smallest absolute Gasteiger partial charge is 0.248 e. The molecule has 0 radical (unpaired) electrons. The number of benzene rings is 1. The first-order valence-corrected chi connectivity index (χ1v) is 5.62. The van der Waals surface area contributed by atoms with Crippen molar-refractivity contribution in [1.82, 2.24) is 4.98 Å². The number of rotatable bonds is 3. The summed E-state index contributed by atoms with van der Waals surface area (Å²) >= 11 is 0. The monoisotopic (exact) mass is 234 g/mol. The Labute approximate surface area is 98.7 Å². The Bertz CT molecular complexity index is 589. The molecular weight excluding hydrogens is 219 g/mol. The van der Waals surface area contributed by atoms with Gasteiger partial charge < -0.3 is 10.3 Å². The van der Waals surface area contributed by atoms with Crippen molar-refractivity contribution in [1.29, 1.82) is 0 Å². The van der Waals surface area contributed by atoms with E-state index in [0.29, 0.717) is 29.1 Å². The van der Waals surface area contributed by atoms with E-state index in [9.17, 15) is 9.18 Å². The van der Waals surface area contributed by atoms with Crippen molar-refractivity contribution < 1.29 is 4.39 Å². The summed E-state index contributed by atoms with van der Waals surface area (Å²) in [4.78, 5) is 13.9. The van der Waals surface area contributed by atoms with Crippen molar-refractivity contribution in [3.8, 4) is 0 Å². The Morgan fingerprint density at radius 3 is 2.82 bits per heavy atom. The third-order valence-electron chi connectivity index (χ3n) is 2.51. The topological polar surface area (TPSA) is 44.9 Å². The molecule has 1 heterocycles. The first-order valence-electron chi connectivity index (χ1n) is 5.62. The Morgan fingerprint density at radius 2 is 2.12 bits per heavy atom. The summed E-state index contributed by atoms with van der Waals surface area (Å²) in [5.74, 6) is 0.130. The van der Waals surface area contributed by atoms with Crippen LogP contribution in [0.4, 0.5) is 10.1 Å². The van der Waals surface area contributed by atoms with Crippen molar-refractivity contribution in [3.63, 3.8) is 0 Å². The largest absolute Gasteiger partial charge is 0.382 e. The molecule has 3 nitrogen and oxygen atoms in total. The second-order valence-electron chi connectivity index (χ2n) is 4.52. The lowest BCUT2D eigenvalue weighted by Gasteiger charge is -2.10. The third-order valence-corrected chi connectivity index (χ3v) is 2.51. The Kier molecular flexibility index (Phi) is 3.13. The summed E-state index contributed by atoms with van der Waals surface area (Å²) in [5, 5.41) is 3.72. The maximum absolute atomic E-state index is 13.7. The summed E-state index contributed by atoms with van der Waals surface area (Å²) in [7, 11) is 0. The molecule has 0 amide bonds. The molecule has 1 aromatic heterocycles. The van der Waals surface area contributed by atoms with Gasteiger partial charge in [-0.05, 0) is 24.1 Å². The van der Waals surface area contributed by atoms with Gasteiger partial charge in [-0.2, -0.15) is 0 Å². The molecular formula is C13H15FN2O. The van der Waals surface area contributed by atoms with Crippen LogP contribution in [0.5, 0.6) is 0 Å². The fraction of sp³-hybridized carbons (Fsp3) is 0.308. The fourth-order valence-electron chi connectivity index (χ4n) is 1.62. The predicted molar refractivity (Wildman–Crippen MR) is 67.9 cm³/mol. The van der Waals surface area contributed by atoms with E-state index in [0.717, 1.165) is 0 Å². The van der Waals surface area contributed by atoms with Gasteiger partial charge in [-0.3, -0.25) is 4.79 Å². The average molecular weight is 234 g/mol. The Balaban J connectivity index is 2.42. The van der Waals surface area contributed by atoms with Gasteiger partial charge >= 0.3 is 0 Å². The van der Waals surface area contributed by atoms with Crippen LogP contribution < -0.4 is 10.9 Å². The van der Waals surface area contributed by atoms with Crippen LogP contribution in [-0.2, 0) is 0 Å². The molecule has 1 aromatic carbocycles. The van der Waals surface area contributed by atoms with Gasteiger partial charge in [0.15, 0.2) is 0 Å². The highest BCUT2D eigenvalue weighted by Gasteiger charge is 2.05. The summed E-state index contributed by atoms with van der Waals surface area (Å²) in [5.41, 5.74) is 0.886. The molecule has 0 saturated carbocycles. The number of H-pyrrole nitrogens is 1. The number of hydrogen-bond donors (Lipinski definition) is 2. The predicted octanol–water partition coefficient (Wildman–Crippen LogP) is 2.74. The van der Waals surface area contributed by atoms with Crippen LogP contribution in [0.15, 0.2) is 29.1 Å². The minimum Gasteiger partial charge on any atom is -0.382 e. The standard InChI is InChI=1S/C13H15FN2O/c1-8(2)7-15-12-6-11-9(5-10(12)14)3-4-13(17)16-11/h3-6,8,15H,7H2,1-2H3,(H,16,17). The molecule has 0 aliphatic rings. The van der Waals surface area contributed by atoms with E-state index in [2.05, 4.69) is 10.3 Å². The van der Waals surface area contributed by atoms with Crippen molar-refractivity contribution in [2.45, 2.75) is 13.8 Å². The average Bonchev–Trinajstić information content (AvgIpc) is 2.26. The van der Waals surface area contributed by atoms with Crippen LogP contribution in [0.25, 0.3) is 10.9 Å². The molecule has 90 valence electrons. The van der Waals surface area contributed by atoms with Crippen LogP contribution in [0.3, 0.4) is 0 Å².